The summed E-state index contributed by atoms with van der Waals surface area (Å²) in [5, 5.41) is 15.1. The molecule has 42 heavy (non-hydrogen) atoms. The fourth-order valence-corrected chi connectivity index (χ4v) is 7.12. The van der Waals surface area contributed by atoms with E-state index in [4.69, 9.17) is 20.6 Å². The molecule has 3 heterocycles. The van der Waals surface area contributed by atoms with Crippen molar-refractivity contribution in [2.24, 2.45) is 5.73 Å². The lowest BCUT2D eigenvalue weighted by Crippen LogP contribution is -2.57. The number of thiophene rings is 1. The summed E-state index contributed by atoms with van der Waals surface area (Å²) in [6.45, 7) is 4.61. The van der Waals surface area contributed by atoms with Gasteiger partial charge in [-0.2, -0.15) is 0 Å². The number of nitrogens with one attached hydrogen (secondary N) is 3. The minimum Gasteiger partial charge on any atom is -0.384 e. The average molecular weight is 588 g/mol. The third-order valence-corrected chi connectivity index (χ3v) is 9.51. The van der Waals surface area contributed by atoms with Gasteiger partial charge in [-0.3, -0.25) is 19.8 Å². The van der Waals surface area contributed by atoms with Crippen LogP contribution in [0.15, 0.2) is 53.9 Å². The molecule has 3 atom stereocenters. The molecule has 2 unspecified atom stereocenters. The van der Waals surface area contributed by atoms with Crippen LogP contribution in [0.25, 0.3) is 11.1 Å². The number of likely N-dealkylation sites (tertiary alicyclic amines) is 1. The summed E-state index contributed by atoms with van der Waals surface area (Å²) in [5.74, 6) is -2.20. The summed E-state index contributed by atoms with van der Waals surface area (Å²) >= 11 is 1.39. The van der Waals surface area contributed by atoms with E-state index in [-0.39, 0.29) is 36.8 Å². The minimum atomic E-state index is -1.23. The van der Waals surface area contributed by atoms with E-state index in [1.165, 1.54) is 27.4 Å². The van der Waals surface area contributed by atoms with Crippen LogP contribution in [0.5, 0.6) is 0 Å². The number of nitrogen functional groups attached to an aromatic ring is 1. The normalized spacial score (nSPS) is 20.7. The van der Waals surface area contributed by atoms with E-state index in [0.717, 1.165) is 16.0 Å². The third-order valence-electron chi connectivity index (χ3n) is 8.39. The summed E-state index contributed by atoms with van der Waals surface area (Å²) in [5.41, 5.74) is 11.2. The number of hydrogen-bond donors (Lipinski definition) is 4. The Bertz CT molecular complexity index is 1580. The minimum absolute atomic E-state index is 0.0448. The van der Waals surface area contributed by atoms with E-state index in [1.54, 1.807) is 17.5 Å². The number of carbonyl (C=O) groups is 3. The molecule has 10 nitrogen and oxygen atoms in total. The molecule has 5 N–H and O–H groups in total. The maximum atomic E-state index is 13.6. The van der Waals surface area contributed by atoms with Gasteiger partial charge in [0.15, 0.2) is 11.8 Å². The number of hydrogen-bond acceptors (Lipinski definition) is 7. The number of benzene rings is 2. The molecule has 0 radical (unpaired) electrons. The summed E-state index contributed by atoms with van der Waals surface area (Å²) in [6.07, 6.45) is 0.342. The van der Waals surface area contributed by atoms with Crippen LogP contribution in [-0.2, 0) is 19.1 Å². The maximum Gasteiger partial charge on any atom is 0.251 e. The number of fused-ring (bicyclic) bond motifs is 3. The van der Waals surface area contributed by atoms with Gasteiger partial charge in [0.2, 0.25) is 11.8 Å². The van der Waals surface area contributed by atoms with E-state index >= 15 is 0 Å². The quantitative estimate of drug-likeness (QED) is 0.247. The Hall–Kier alpha value is -4.06. The number of nitrogens with two attached hydrogens (primary N) is 1. The van der Waals surface area contributed by atoms with Crippen LogP contribution in [0.2, 0.25) is 0 Å². The Morgan fingerprint density at radius 2 is 1.83 bits per heavy atom. The average Bonchev–Trinajstić information content (AvgIpc) is 3.79. The zero-order valence-electron chi connectivity index (χ0n) is 23.4. The van der Waals surface area contributed by atoms with Gasteiger partial charge in [0, 0.05) is 40.3 Å². The fraction of sp³-hybridized carbons (Fsp3) is 0.355. The zero-order valence-corrected chi connectivity index (χ0v) is 24.3. The number of carbonyl (C=O) groups excluding carboxylic acids is 3. The van der Waals surface area contributed by atoms with Gasteiger partial charge >= 0.3 is 0 Å². The molecular formula is C31H33N5O5S. The van der Waals surface area contributed by atoms with E-state index in [2.05, 4.69) is 29.7 Å². The van der Waals surface area contributed by atoms with Crippen molar-refractivity contribution in [3.8, 4) is 11.1 Å². The molecule has 2 aliphatic heterocycles. The van der Waals surface area contributed by atoms with Gasteiger partial charge in [0.1, 0.15) is 5.84 Å². The molecule has 3 aliphatic rings. The van der Waals surface area contributed by atoms with E-state index < -0.39 is 23.6 Å². The predicted molar refractivity (Wildman–Crippen MR) is 158 cm³/mol. The molecule has 218 valence electrons. The van der Waals surface area contributed by atoms with Gasteiger partial charge in [-0.1, -0.05) is 37.3 Å². The maximum absolute atomic E-state index is 13.6. The van der Waals surface area contributed by atoms with Gasteiger partial charge in [0.25, 0.3) is 5.91 Å². The molecule has 11 heteroatoms. The van der Waals surface area contributed by atoms with Crippen LogP contribution in [0, 0.1) is 5.41 Å². The first-order valence-electron chi connectivity index (χ1n) is 14.0. The molecule has 2 aromatic carbocycles. The molecule has 1 aromatic heterocycles. The first kappa shape index (κ1) is 28.1. The summed E-state index contributed by atoms with van der Waals surface area (Å²) < 4.78 is 11.8. The molecule has 0 bridgehead atoms. The van der Waals surface area contributed by atoms with Crippen LogP contribution in [-0.4, -0.2) is 66.6 Å². The number of nitrogens with zero attached hydrogens (tertiary/aromatic N) is 1. The van der Waals surface area contributed by atoms with Crippen LogP contribution >= 0.6 is 11.3 Å². The van der Waals surface area contributed by atoms with Crippen LogP contribution in [0.4, 0.5) is 0 Å². The standard InChI is InChI=1S/C31H33N5O5S/c1-17-21-5-3-4-6-23(21)24-13-19(7-8-22(17)24)29(38)34-15-26(37)36-10-9-31(40-11-12-41-31)27(36)30(39)35-18(2)25-14-20(16-42-25)28(32)33/h3-8,13-14,16-18,27H,9-12,15H2,1-2H3,(H3,32,33)(H,34,38)(H,35,39)/t17?,18-,27?/m1/s1. The van der Waals surface area contributed by atoms with Gasteiger partial charge in [0.05, 0.1) is 25.8 Å². The monoisotopic (exact) mass is 587 g/mol. The second kappa shape index (κ2) is 11.0. The topological polar surface area (TPSA) is 147 Å². The third kappa shape index (κ3) is 4.87. The Morgan fingerprint density at radius 3 is 2.57 bits per heavy atom. The molecule has 0 saturated carbocycles. The summed E-state index contributed by atoms with van der Waals surface area (Å²) in [6, 6.07) is 14.2. The lowest BCUT2D eigenvalue weighted by Gasteiger charge is -2.33. The van der Waals surface area contributed by atoms with Crippen molar-refractivity contribution in [1.82, 2.24) is 15.5 Å². The Kier molecular flexibility index (Phi) is 7.34. The Labute approximate surface area is 247 Å². The Balaban J connectivity index is 1.15. The SMILES string of the molecule is CC1c2ccccc2-c2cc(C(=O)NCC(=O)N3CCC4(OCCO4)C3C(=O)N[C@H](C)c3cc(C(=N)N)cs3)ccc21. The predicted octanol–water partition coefficient (Wildman–Crippen LogP) is 3.12. The molecule has 6 rings (SSSR count). The van der Waals surface area contributed by atoms with E-state index in [9.17, 15) is 14.4 Å². The molecule has 1 aliphatic carbocycles. The van der Waals surface area contributed by atoms with Gasteiger partial charge in [-0.25, -0.2) is 0 Å². The number of amides is 3. The van der Waals surface area contributed by atoms with E-state index in [0.29, 0.717) is 30.8 Å². The molecule has 3 amide bonds. The highest BCUT2D eigenvalue weighted by Gasteiger charge is 2.57. The van der Waals surface area contributed by atoms with Crippen molar-refractivity contribution in [3.05, 3.63) is 81.0 Å². The summed E-state index contributed by atoms with van der Waals surface area (Å²) in [7, 11) is 0. The molecular weight excluding hydrogens is 554 g/mol. The smallest absolute Gasteiger partial charge is 0.251 e. The van der Waals surface area contributed by atoms with E-state index in [1.807, 2.05) is 31.2 Å². The van der Waals surface area contributed by atoms with Crippen molar-refractivity contribution < 1.29 is 23.9 Å². The highest BCUT2D eigenvalue weighted by atomic mass is 32.1. The number of ether oxygens (including phenoxy) is 2. The summed E-state index contributed by atoms with van der Waals surface area (Å²) in [4.78, 5) is 42.5. The van der Waals surface area contributed by atoms with Crippen molar-refractivity contribution in [2.75, 3.05) is 26.3 Å². The Morgan fingerprint density at radius 1 is 1.10 bits per heavy atom. The van der Waals surface area contributed by atoms with Gasteiger partial charge in [-0.05, 0) is 47.4 Å². The second-order valence-corrected chi connectivity index (χ2v) is 11.9. The van der Waals surface area contributed by atoms with Crippen molar-refractivity contribution in [2.45, 2.75) is 44.1 Å². The lowest BCUT2D eigenvalue weighted by molar-refractivity contribution is -0.183. The van der Waals surface area contributed by atoms with Gasteiger partial charge in [-0.15, -0.1) is 11.3 Å². The highest BCUT2D eigenvalue weighted by Crippen LogP contribution is 2.44. The largest absolute Gasteiger partial charge is 0.384 e. The molecule has 2 saturated heterocycles. The van der Waals surface area contributed by atoms with Crippen LogP contribution < -0.4 is 16.4 Å². The first-order valence-corrected chi connectivity index (χ1v) is 14.9. The van der Waals surface area contributed by atoms with Crippen LogP contribution in [0.3, 0.4) is 0 Å². The number of amidine groups is 1. The van der Waals surface area contributed by atoms with Crippen molar-refractivity contribution in [3.63, 3.8) is 0 Å². The van der Waals surface area contributed by atoms with Crippen molar-refractivity contribution in [1.29, 1.82) is 5.41 Å². The molecule has 1 spiro atoms. The highest BCUT2D eigenvalue weighted by molar-refractivity contribution is 7.10. The van der Waals surface area contributed by atoms with Crippen LogP contribution in [0.1, 0.15) is 64.2 Å². The lowest BCUT2D eigenvalue weighted by atomic mass is 9.98. The first-order chi connectivity index (χ1) is 20.2. The molecule has 3 aromatic rings. The van der Waals surface area contributed by atoms with Crippen molar-refractivity contribution >= 4 is 34.9 Å². The second-order valence-electron chi connectivity index (χ2n) is 10.9. The fourth-order valence-electron chi connectivity index (χ4n) is 6.20. The zero-order chi connectivity index (χ0) is 29.6. The number of rotatable bonds is 7. The molecule has 2 fully saturated rings. The van der Waals surface area contributed by atoms with Gasteiger partial charge < -0.3 is 30.7 Å².